The van der Waals surface area contributed by atoms with Gasteiger partial charge in [0.05, 0.1) is 12.8 Å². The van der Waals surface area contributed by atoms with Crippen molar-refractivity contribution >= 4 is 24.1 Å². The molecule has 0 amide bonds. The number of hydrogen-bond donors (Lipinski definition) is 2. The average Bonchev–Trinajstić information content (AvgIpc) is 2.68. The molecule has 0 radical (unpaired) electrons. The van der Waals surface area contributed by atoms with Crippen molar-refractivity contribution in [3.05, 3.63) is 23.8 Å². The summed E-state index contributed by atoms with van der Waals surface area (Å²) in [5.41, 5.74) is -0.807. The van der Waals surface area contributed by atoms with E-state index in [0.717, 1.165) is 0 Å². The van der Waals surface area contributed by atoms with Gasteiger partial charge < -0.3 is 29.4 Å². The standard InChI is InChI=1S/C29H45NO9/c1-18(36-26(35)39-29(8,9)10)17-30-20(25(33)34)13-19-11-12-21(37-23(31)15-27(2,3)4)22(14-19)38-24(32)16-28(5,6)7/h11-12,14,18,20,30H,13,15-17H2,1-10H3,(H,33,34)/t18?,20-/m0/s1. The summed E-state index contributed by atoms with van der Waals surface area (Å²) in [6, 6.07) is 3.56. The molecule has 0 saturated heterocycles. The van der Waals surface area contributed by atoms with Crippen molar-refractivity contribution in [2.24, 2.45) is 10.8 Å². The second-order valence-electron chi connectivity index (χ2n) is 13.1. The van der Waals surface area contributed by atoms with Crippen LogP contribution >= 0.6 is 0 Å². The van der Waals surface area contributed by atoms with Crippen LogP contribution in [-0.4, -0.2) is 53.5 Å². The number of rotatable bonds is 11. The summed E-state index contributed by atoms with van der Waals surface area (Å²) in [7, 11) is 0. The Morgan fingerprint density at radius 3 is 1.82 bits per heavy atom. The van der Waals surface area contributed by atoms with Crippen molar-refractivity contribution in [1.29, 1.82) is 0 Å². The minimum atomic E-state index is -1.12. The van der Waals surface area contributed by atoms with Gasteiger partial charge in [-0.25, -0.2) is 4.79 Å². The van der Waals surface area contributed by atoms with Gasteiger partial charge >= 0.3 is 24.1 Å². The van der Waals surface area contributed by atoms with Crippen LogP contribution < -0.4 is 14.8 Å². The number of carbonyl (C=O) groups excluding carboxylic acids is 3. The third-order valence-corrected chi connectivity index (χ3v) is 4.88. The van der Waals surface area contributed by atoms with Crippen LogP contribution in [0, 0.1) is 10.8 Å². The Bertz CT molecular complexity index is 1010. The maximum Gasteiger partial charge on any atom is 0.509 e. The number of hydrogen-bond acceptors (Lipinski definition) is 9. The molecule has 1 aromatic carbocycles. The van der Waals surface area contributed by atoms with Crippen molar-refractivity contribution in [1.82, 2.24) is 5.32 Å². The third-order valence-electron chi connectivity index (χ3n) is 4.88. The lowest BCUT2D eigenvalue weighted by Crippen LogP contribution is -2.43. The van der Waals surface area contributed by atoms with Crippen molar-refractivity contribution < 1.29 is 43.2 Å². The minimum Gasteiger partial charge on any atom is -0.480 e. The molecule has 1 unspecified atom stereocenters. The molecule has 2 atom stereocenters. The summed E-state index contributed by atoms with van der Waals surface area (Å²) < 4.78 is 21.4. The highest BCUT2D eigenvalue weighted by molar-refractivity contribution is 5.77. The smallest absolute Gasteiger partial charge is 0.480 e. The third kappa shape index (κ3) is 15.1. The molecule has 1 aromatic rings. The van der Waals surface area contributed by atoms with E-state index in [9.17, 15) is 24.3 Å². The molecule has 0 saturated carbocycles. The average molecular weight is 552 g/mol. The second-order valence-corrected chi connectivity index (χ2v) is 13.1. The van der Waals surface area contributed by atoms with Crippen LogP contribution in [0.15, 0.2) is 18.2 Å². The molecule has 1 rings (SSSR count). The monoisotopic (exact) mass is 551 g/mol. The molecular weight excluding hydrogens is 506 g/mol. The first-order valence-corrected chi connectivity index (χ1v) is 13.0. The van der Waals surface area contributed by atoms with Gasteiger partial charge in [-0.1, -0.05) is 47.6 Å². The molecule has 2 N–H and O–H groups in total. The Hall–Kier alpha value is -3.14. The van der Waals surface area contributed by atoms with E-state index in [2.05, 4.69) is 5.32 Å². The van der Waals surface area contributed by atoms with Crippen LogP contribution in [0.2, 0.25) is 0 Å². The summed E-state index contributed by atoms with van der Waals surface area (Å²) in [5.74, 6) is -1.99. The number of aliphatic carboxylic acids is 1. The van der Waals surface area contributed by atoms with Gasteiger partial charge in [-0.05, 0) is 62.6 Å². The Kier molecular flexibility index (Phi) is 12.0. The van der Waals surface area contributed by atoms with Crippen molar-refractivity contribution in [2.45, 2.75) is 106 Å². The number of esters is 2. The first-order valence-electron chi connectivity index (χ1n) is 13.0. The Morgan fingerprint density at radius 1 is 0.846 bits per heavy atom. The van der Waals surface area contributed by atoms with Crippen LogP contribution in [0.4, 0.5) is 4.79 Å². The highest BCUT2D eigenvalue weighted by atomic mass is 16.7. The van der Waals surface area contributed by atoms with E-state index in [1.54, 1.807) is 33.8 Å². The minimum absolute atomic E-state index is 0.0224. The van der Waals surface area contributed by atoms with Crippen LogP contribution in [0.3, 0.4) is 0 Å². The van der Waals surface area contributed by atoms with E-state index in [-0.39, 0.29) is 48.1 Å². The van der Waals surface area contributed by atoms with Gasteiger partial charge in [0.25, 0.3) is 0 Å². The Labute approximate surface area is 231 Å². The van der Waals surface area contributed by atoms with Crippen LogP contribution in [0.1, 0.15) is 87.6 Å². The zero-order valence-electron chi connectivity index (χ0n) is 24.9. The molecule has 0 aliphatic heterocycles. The van der Waals surface area contributed by atoms with E-state index in [1.807, 2.05) is 41.5 Å². The summed E-state index contributed by atoms with van der Waals surface area (Å²) in [6.07, 6.45) is -1.20. The quantitative estimate of drug-likeness (QED) is 0.275. The fourth-order valence-electron chi connectivity index (χ4n) is 3.30. The number of benzene rings is 1. The van der Waals surface area contributed by atoms with Gasteiger partial charge in [0.2, 0.25) is 0 Å². The topological polar surface area (TPSA) is 137 Å². The lowest BCUT2D eigenvalue weighted by Gasteiger charge is -2.22. The highest BCUT2D eigenvalue weighted by Gasteiger charge is 2.25. The van der Waals surface area contributed by atoms with E-state index in [1.165, 1.54) is 12.1 Å². The first-order chi connectivity index (χ1) is 17.6. The molecule has 0 fully saturated rings. The fraction of sp³-hybridized carbons (Fsp3) is 0.655. The number of carboxylic acid groups (broad SMARTS) is 1. The zero-order valence-corrected chi connectivity index (χ0v) is 24.9. The highest BCUT2D eigenvalue weighted by Crippen LogP contribution is 2.32. The maximum absolute atomic E-state index is 12.6. The molecule has 0 aliphatic carbocycles. The van der Waals surface area contributed by atoms with Gasteiger partial charge in [-0.2, -0.15) is 0 Å². The fourth-order valence-corrected chi connectivity index (χ4v) is 3.30. The molecule has 0 bridgehead atoms. The lowest BCUT2D eigenvalue weighted by atomic mass is 9.92. The maximum atomic E-state index is 12.6. The summed E-state index contributed by atoms with van der Waals surface area (Å²) in [4.78, 5) is 48.8. The van der Waals surface area contributed by atoms with Crippen molar-refractivity contribution in [3.8, 4) is 11.5 Å². The molecule has 0 spiro atoms. The van der Waals surface area contributed by atoms with E-state index >= 15 is 0 Å². The van der Waals surface area contributed by atoms with E-state index in [4.69, 9.17) is 18.9 Å². The molecule has 39 heavy (non-hydrogen) atoms. The molecule has 0 aromatic heterocycles. The SMILES string of the molecule is CC(CN[C@@H](Cc1ccc(OC(=O)CC(C)(C)C)c(OC(=O)CC(C)(C)C)c1)C(=O)O)OC(=O)OC(C)(C)C. The molecule has 10 heteroatoms. The molecule has 10 nitrogen and oxygen atoms in total. The lowest BCUT2D eigenvalue weighted by molar-refractivity contribution is -0.139. The number of nitrogens with one attached hydrogen (secondary N) is 1. The molecule has 220 valence electrons. The Morgan fingerprint density at radius 2 is 1.36 bits per heavy atom. The normalized spacial score (nSPS) is 13.7. The predicted molar refractivity (Wildman–Crippen MR) is 146 cm³/mol. The van der Waals surface area contributed by atoms with Crippen molar-refractivity contribution in [3.63, 3.8) is 0 Å². The van der Waals surface area contributed by atoms with Gasteiger partial charge in [0.15, 0.2) is 11.5 Å². The van der Waals surface area contributed by atoms with Gasteiger partial charge in [-0.15, -0.1) is 0 Å². The zero-order chi connectivity index (χ0) is 30.2. The largest absolute Gasteiger partial charge is 0.509 e. The van der Waals surface area contributed by atoms with Gasteiger partial charge in [-0.3, -0.25) is 14.4 Å². The van der Waals surface area contributed by atoms with Gasteiger partial charge in [0, 0.05) is 6.54 Å². The molecular formula is C29H45NO9. The summed E-state index contributed by atoms with van der Waals surface area (Å²) in [5, 5.41) is 12.6. The first kappa shape index (κ1) is 33.9. The van der Waals surface area contributed by atoms with Crippen molar-refractivity contribution in [2.75, 3.05) is 6.54 Å². The number of carboxylic acids is 1. The molecule has 0 aliphatic rings. The summed E-state index contributed by atoms with van der Waals surface area (Å²) >= 11 is 0. The van der Waals surface area contributed by atoms with E-state index < -0.39 is 41.8 Å². The number of carbonyl (C=O) groups is 4. The number of ether oxygens (including phenoxy) is 4. The Balaban J connectivity index is 3.05. The van der Waals surface area contributed by atoms with Crippen LogP contribution in [0.25, 0.3) is 0 Å². The van der Waals surface area contributed by atoms with E-state index in [0.29, 0.717) is 5.56 Å². The van der Waals surface area contributed by atoms with Gasteiger partial charge in [0.1, 0.15) is 17.7 Å². The van der Waals surface area contributed by atoms with Crippen LogP contribution in [-0.2, 0) is 30.3 Å². The summed E-state index contributed by atoms with van der Waals surface area (Å²) in [6.45, 7) is 18.2. The second kappa shape index (κ2) is 13.8. The predicted octanol–water partition coefficient (Wildman–Crippen LogP) is 5.30. The van der Waals surface area contributed by atoms with Crippen LogP contribution in [0.5, 0.6) is 11.5 Å². The molecule has 0 heterocycles.